The number of aliphatic imine (C=N–C) groups is 1. The lowest BCUT2D eigenvalue weighted by molar-refractivity contribution is 0.814. The molecule has 176 valence electrons. The molecular formula is C22H28N11P. The minimum atomic E-state index is -3.02. The van der Waals surface area contributed by atoms with Crippen LogP contribution in [-0.2, 0) is 0 Å². The van der Waals surface area contributed by atoms with E-state index in [1.54, 1.807) is 9.36 Å². The van der Waals surface area contributed by atoms with Gasteiger partial charge in [-0.1, -0.05) is 0 Å². The first kappa shape index (κ1) is 22.2. The predicted octanol–water partition coefficient (Wildman–Crippen LogP) is 4.10. The van der Waals surface area contributed by atoms with Crippen LogP contribution in [0.5, 0.6) is 0 Å². The van der Waals surface area contributed by atoms with E-state index in [9.17, 15) is 0 Å². The molecule has 1 aliphatic heterocycles. The highest BCUT2D eigenvalue weighted by molar-refractivity contribution is 7.62. The Morgan fingerprint density at radius 1 is 0.529 bits per heavy atom. The second kappa shape index (κ2) is 7.73. The van der Waals surface area contributed by atoms with Crippen LogP contribution in [0, 0.1) is 55.4 Å². The Balaban J connectivity index is 1.93. The maximum atomic E-state index is 5.19. The van der Waals surface area contributed by atoms with Crippen molar-refractivity contribution in [2.24, 2.45) is 14.5 Å². The maximum absolute atomic E-state index is 5.19. The molecule has 0 unspecified atom stereocenters. The van der Waals surface area contributed by atoms with Crippen LogP contribution in [-0.4, -0.2) is 50.6 Å². The van der Waals surface area contributed by atoms with Crippen LogP contribution in [0.1, 0.15) is 45.6 Å². The summed E-state index contributed by atoms with van der Waals surface area (Å²) in [5.74, 6) is 0.855. The molecule has 0 saturated carbocycles. The quantitative estimate of drug-likeness (QED) is 0.405. The van der Waals surface area contributed by atoms with Crippen molar-refractivity contribution in [1.82, 2.24) is 38.7 Å². The van der Waals surface area contributed by atoms with Gasteiger partial charge in [0.1, 0.15) is 0 Å². The first-order chi connectivity index (χ1) is 16.1. The van der Waals surface area contributed by atoms with Gasteiger partial charge in [0.2, 0.25) is 0 Å². The van der Waals surface area contributed by atoms with Gasteiger partial charge < -0.3 is 0 Å². The second-order valence-electron chi connectivity index (χ2n) is 8.76. The van der Waals surface area contributed by atoms with Crippen LogP contribution >= 0.6 is 7.51 Å². The normalized spacial score (nSPS) is 15.3. The van der Waals surface area contributed by atoms with Crippen LogP contribution in [0.3, 0.4) is 0 Å². The van der Waals surface area contributed by atoms with Gasteiger partial charge in [0.15, 0.2) is 0 Å². The van der Waals surface area contributed by atoms with Crippen LogP contribution < -0.4 is 0 Å². The Labute approximate surface area is 198 Å². The fourth-order valence-electron chi connectivity index (χ4n) is 4.27. The summed E-state index contributed by atoms with van der Waals surface area (Å²) in [6.07, 6.45) is 0. The molecule has 0 amide bonds. The zero-order valence-electron chi connectivity index (χ0n) is 20.7. The van der Waals surface area contributed by atoms with Gasteiger partial charge >= 0.3 is 7.51 Å². The molecule has 11 nitrogen and oxygen atoms in total. The number of hydrogen-bond acceptors (Lipinski definition) is 7. The van der Waals surface area contributed by atoms with E-state index in [0.29, 0.717) is 11.9 Å². The highest BCUT2D eigenvalue weighted by Gasteiger charge is 2.35. The Morgan fingerprint density at radius 3 is 1.32 bits per heavy atom. The molecule has 5 heterocycles. The first-order valence-corrected chi connectivity index (χ1v) is 12.6. The lowest BCUT2D eigenvalue weighted by Gasteiger charge is -2.26. The molecule has 0 bridgehead atoms. The standard InChI is InChI=1S/C22H28N11P/c1-13-9-17(5)30(24-13)21-23-22(31-18(6)10-14(2)25-31)29-34(28-21,32-19(7)11-15(3)26-32)33-20(8)12-16(4)27-33/h9-12H,1-8H3. The molecule has 0 aliphatic carbocycles. The molecule has 0 aromatic carbocycles. The van der Waals surface area contributed by atoms with E-state index in [2.05, 4.69) is 10.2 Å². The van der Waals surface area contributed by atoms with E-state index < -0.39 is 7.51 Å². The summed E-state index contributed by atoms with van der Waals surface area (Å²) in [7, 11) is -3.02. The number of aryl methyl sites for hydroxylation is 8. The fourth-order valence-corrected chi connectivity index (χ4v) is 7.03. The van der Waals surface area contributed by atoms with Gasteiger partial charge in [-0.3, -0.25) is 0 Å². The van der Waals surface area contributed by atoms with Crippen LogP contribution in [0.2, 0.25) is 0 Å². The zero-order chi connectivity index (χ0) is 24.4. The summed E-state index contributed by atoms with van der Waals surface area (Å²) in [5.41, 5.74) is 7.25. The summed E-state index contributed by atoms with van der Waals surface area (Å²) in [4.78, 5) is 4.84. The second-order valence-corrected chi connectivity index (χ2v) is 11.0. The molecule has 1 aliphatic rings. The van der Waals surface area contributed by atoms with Gasteiger partial charge in [-0.2, -0.15) is 43.8 Å². The number of rotatable bonds is 2. The van der Waals surface area contributed by atoms with Crippen LogP contribution in [0.15, 0.2) is 38.8 Å². The van der Waals surface area contributed by atoms with E-state index in [1.807, 2.05) is 88.6 Å². The Kier molecular flexibility index (Phi) is 5.05. The van der Waals surface area contributed by atoms with E-state index >= 15 is 0 Å². The van der Waals surface area contributed by atoms with Gasteiger partial charge in [-0.25, -0.2) is 9.36 Å². The summed E-state index contributed by atoms with van der Waals surface area (Å²) in [6, 6.07) is 8.05. The largest absolute Gasteiger partial charge is 0.314 e. The van der Waals surface area contributed by atoms with Crippen molar-refractivity contribution in [3.8, 4) is 0 Å². The molecule has 0 radical (unpaired) electrons. The number of aromatic nitrogens is 8. The van der Waals surface area contributed by atoms with Crippen molar-refractivity contribution in [2.75, 3.05) is 0 Å². The number of nitrogens with zero attached hydrogens (tertiary/aromatic N) is 11. The average molecular weight is 478 g/mol. The smallest absolute Gasteiger partial charge is 0.203 e. The molecule has 34 heavy (non-hydrogen) atoms. The molecular weight excluding hydrogens is 449 g/mol. The highest BCUT2D eigenvalue weighted by atomic mass is 31.2. The fraction of sp³-hybridized carbons (Fsp3) is 0.364. The molecule has 4 aromatic rings. The summed E-state index contributed by atoms with van der Waals surface area (Å²) in [5, 5.41) is 19.0. The molecule has 5 rings (SSSR count). The van der Waals surface area contributed by atoms with Crippen molar-refractivity contribution in [3.05, 3.63) is 69.8 Å². The van der Waals surface area contributed by atoms with Gasteiger partial charge in [-0.15, -0.1) is 0 Å². The molecule has 0 atom stereocenters. The Bertz CT molecular complexity index is 1460. The van der Waals surface area contributed by atoms with Gasteiger partial charge in [0.05, 0.1) is 22.8 Å². The minimum Gasteiger partial charge on any atom is -0.203 e. The van der Waals surface area contributed by atoms with Crippen molar-refractivity contribution in [1.29, 1.82) is 0 Å². The maximum Gasteiger partial charge on any atom is 0.314 e. The monoisotopic (exact) mass is 477 g/mol. The van der Waals surface area contributed by atoms with Gasteiger partial charge in [0.25, 0.3) is 11.9 Å². The topological polar surface area (TPSA) is 108 Å². The minimum absolute atomic E-state index is 0.427. The molecule has 0 fully saturated rings. The molecule has 0 spiro atoms. The van der Waals surface area contributed by atoms with Gasteiger partial charge in [0, 0.05) is 22.8 Å². The van der Waals surface area contributed by atoms with E-state index in [1.165, 1.54) is 0 Å². The third kappa shape index (κ3) is 3.47. The molecule has 0 N–H and O–H groups in total. The zero-order valence-corrected chi connectivity index (χ0v) is 21.6. The van der Waals surface area contributed by atoms with Crippen LogP contribution in [0.4, 0.5) is 0 Å². The first-order valence-electron chi connectivity index (χ1n) is 11.0. The number of hydrogen-bond donors (Lipinski definition) is 0. The highest BCUT2D eigenvalue weighted by Crippen LogP contribution is 2.56. The van der Waals surface area contributed by atoms with Crippen molar-refractivity contribution < 1.29 is 0 Å². The Hall–Kier alpha value is -3.59. The average Bonchev–Trinajstić information content (AvgIpc) is 3.48. The molecule has 4 aromatic heterocycles. The van der Waals surface area contributed by atoms with Gasteiger partial charge in [-0.05, 0) is 79.7 Å². The summed E-state index contributed by atoms with van der Waals surface area (Å²) < 4.78 is 17.7. The lowest BCUT2D eigenvalue weighted by Crippen LogP contribution is -2.26. The summed E-state index contributed by atoms with van der Waals surface area (Å²) in [6.45, 7) is 15.8. The molecule has 12 heteroatoms. The predicted molar refractivity (Wildman–Crippen MR) is 133 cm³/mol. The van der Waals surface area contributed by atoms with E-state index in [4.69, 9.17) is 24.7 Å². The van der Waals surface area contributed by atoms with Crippen LogP contribution in [0.25, 0.3) is 0 Å². The van der Waals surface area contributed by atoms with E-state index in [-0.39, 0.29) is 0 Å². The third-order valence-electron chi connectivity index (χ3n) is 5.53. The van der Waals surface area contributed by atoms with E-state index in [0.717, 1.165) is 45.6 Å². The Morgan fingerprint density at radius 2 is 0.941 bits per heavy atom. The van der Waals surface area contributed by atoms with Crippen molar-refractivity contribution >= 4 is 19.4 Å². The third-order valence-corrected chi connectivity index (χ3v) is 8.25. The SMILES string of the molecule is Cc1cc(C)n(C2=NC(n3nc(C)cc3C)=NP(n3nc(C)cc3C)(n3nc(C)cc3C)=N2)n1. The molecule has 0 saturated heterocycles. The van der Waals surface area contributed by atoms with Crippen molar-refractivity contribution in [3.63, 3.8) is 0 Å². The lowest BCUT2D eigenvalue weighted by atomic mass is 10.4. The van der Waals surface area contributed by atoms with Crippen molar-refractivity contribution in [2.45, 2.75) is 55.4 Å². The summed E-state index contributed by atoms with van der Waals surface area (Å²) >= 11 is 0.